The van der Waals surface area contributed by atoms with Gasteiger partial charge in [-0.25, -0.2) is 4.98 Å². The summed E-state index contributed by atoms with van der Waals surface area (Å²) in [5.74, 6) is 0.0191. The summed E-state index contributed by atoms with van der Waals surface area (Å²) < 4.78 is 0. The maximum absolute atomic E-state index is 11.4. The summed E-state index contributed by atoms with van der Waals surface area (Å²) >= 11 is 0. The number of nitrogens with zero attached hydrogens (tertiary/aromatic N) is 2. The van der Waals surface area contributed by atoms with E-state index >= 15 is 0 Å². The largest absolute Gasteiger partial charge is 0.480 e. The molecule has 1 aromatic heterocycles. The Hall–Kier alpha value is -2.40. The minimum atomic E-state index is -0.888. The molecule has 5 nitrogen and oxygen atoms in total. The normalized spacial score (nSPS) is 11.9. The summed E-state index contributed by atoms with van der Waals surface area (Å²) in [4.78, 5) is 17.8. The molecule has 2 aromatic rings. The van der Waals surface area contributed by atoms with Crippen LogP contribution in [0.15, 0.2) is 48.7 Å². The van der Waals surface area contributed by atoms with Gasteiger partial charge in [0.05, 0.1) is 0 Å². The lowest BCUT2D eigenvalue weighted by molar-refractivity contribution is -0.139. The highest BCUT2D eigenvalue weighted by Crippen LogP contribution is 2.14. The molecule has 2 rings (SSSR count). The quantitative estimate of drug-likeness (QED) is 0.822. The SMILES string of the molecule is CCN(C)c1ccc(CN[C@@H](C(=O)O)c2ccccc2)cn1. The van der Waals surface area contributed by atoms with Gasteiger partial charge in [0.25, 0.3) is 0 Å². The number of aliphatic carboxylic acids is 1. The van der Waals surface area contributed by atoms with Crippen LogP contribution >= 0.6 is 0 Å². The van der Waals surface area contributed by atoms with Crippen LogP contribution in [0.4, 0.5) is 5.82 Å². The summed E-state index contributed by atoms with van der Waals surface area (Å²) in [5.41, 5.74) is 1.70. The van der Waals surface area contributed by atoms with Crippen molar-refractivity contribution in [2.45, 2.75) is 19.5 Å². The molecular weight excluding hydrogens is 278 g/mol. The molecule has 116 valence electrons. The molecule has 0 unspecified atom stereocenters. The van der Waals surface area contributed by atoms with E-state index < -0.39 is 12.0 Å². The van der Waals surface area contributed by atoms with Crippen LogP contribution in [-0.4, -0.2) is 29.7 Å². The van der Waals surface area contributed by atoms with Gasteiger partial charge in [0, 0.05) is 26.3 Å². The van der Waals surface area contributed by atoms with Crippen molar-refractivity contribution in [2.24, 2.45) is 0 Å². The minimum Gasteiger partial charge on any atom is -0.480 e. The van der Waals surface area contributed by atoms with Crippen LogP contribution in [0.2, 0.25) is 0 Å². The number of carboxylic acid groups (broad SMARTS) is 1. The van der Waals surface area contributed by atoms with Crippen molar-refractivity contribution >= 4 is 11.8 Å². The van der Waals surface area contributed by atoms with Crippen LogP contribution in [0, 0.1) is 0 Å². The molecule has 5 heteroatoms. The highest BCUT2D eigenvalue weighted by atomic mass is 16.4. The molecule has 22 heavy (non-hydrogen) atoms. The number of hydrogen-bond donors (Lipinski definition) is 2. The van der Waals surface area contributed by atoms with E-state index in [9.17, 15) is 9.90 Å². The summed E-state index contributed by atoms with van der Waals surface area (Å²) in [7, 11) is 1.98. The molecule has 0 aliphatic heterocycles. The number of pyridine rings is 1. The average molecular weight is 299 g/mol. The Morgan fingerprint density at radius 2 is 2.00 bits per heavy atom. The summed E-state index contributed by atoms with van der Waals surface area (Å²) in [6, 6.07) is 12.3. The van der Waals surface area contributed by atoms with Crippen LogP contribution in [0.3, 0.4) is 0 Å². The first kappa shape index (κ1) is 16.0. The van der Waals surface area contributed by atoms with Gasteiger partial charge in [-0.2, -0.15) is 0 Å². The molecule has 2 N–H and O–H groups in total. The molecule has 0 saturated heterocycles. The number of rotatable bonds is 7. The summed E-state index contributed by atoms with van der Waals surface area (Å²) in [6.07, 6.45) is 1.78. The molecule has 1 heterocycles. The fourth-order valence-corrected chi connectivity index (χ4v) is 2.12. The van der Waals surface area contributed by atoms with Gasteiger partial charge in [-0.1, -0.05) is 36.4 Å². The van der Waals surface area contributed by atoms with Crippen LogP contribution in [-0.2, 0) is 11.3 Å². The Bertz CT molecular complexity index is 599. The standard InChI is InChI=1S/C17H21N3O2/c1-3-20(2)15-10-9-13(11-18-15)12-19-16(17(21)22)14-7-5-4-6-8-14/h4-11,16,19H,3,12H2,1-2H3,(H,21,22)/t16-/m1/s1. The van der Waals surface area contributed by atoms with Crippen molar-refractivity contribution < 1.29 is 9.90 Å². The van der Waals surface area contributed by atoms with Crippen molar-refractivity contribution in [2.75, 3.05) is 18.5 Å². The molecule has 1 aromatic carbocycles. The predicted octanol–water partition coefficient (Wildman–Crippen LogP) is 2.45. The molecule has 0 saturated carbocycles. The Morgan fingerprint density at radius 3 is 2.55 bits per heavy atom. The minimum absolute atomic E-state index is 0.453. The molecule has 0 aliphatic carbocycles. The summed E-state index contributed by atoms with van der Waals surface area (Å²) in [6.45, 7) is 3.41. The van der Waals surface area contributed by atoms with Crippen molar-refractivity contribution in [1.29, 1.82) is 0 Å². The van der Waals surface area contributed by atoms with E-state index in [1.54, 1.807) is 6.20 Å². The zero-order chi connectivity index (χ0) is 15.9. The van der Waals surface area contributed by atoms with Crippen molar-refractivity contribution in [3.63, 3.8) is 0 Å². The van der Waals surface area contributed by atoms with E-state index in [4.69, 9.17) is 0 Å². The van der Waals surface area contributed by atoms with Gasteiger partial charge in [-0.15, -0.1) is 0 Å². The third-order valence-corrected chi connectivity index (χ3v) is 3.56. The number of carbonyl (C=O) groups is 1. The van der Waals surface area contributed by atoms with Crippen molar-refractivity contribution in [3.05, 3.63) is 59.8 Å². The van der Waals surface area contributed by atoms with Crippen LogP contribution < -0.4 is 10.2 Å². The zero-order valence-corrected chi connectivity index (χ0v) is 12.9. The molecule has 0 radical (unpaired) electrons. The number of carboxylic acids is 1. The van der Waals surface area contributed by atoms with Crippen LogP contribution in [0.1, 0.15) is 24.1 Å². The van der Waals surface area contributed by atoms with E-state index in [1.165, 1.54) is 0 Å². The van der Waals surface area contributed by atoms with Gasteiger partial charge in [0.2, 0.25) is 0 Å². The number of anilines is 1. The zero-order valence-electron chi connectivity index (χ0n) is 12.9. The van der Waals surface area contributed by atoms with Gasteiger partial charge in [0.15, 0.2) is 0 Å². The molecule has 1 atom stereocenters. The maximum Gasteiger partial charge on any atom is 0.325 e. The van der Waals surface area contributed by atoms with Gasteiger partial charge >= 0.3 is 5.97 Å². The molecule has 0 amide bonds. The van der Waals surface area contributed by atoms with E-state index in [0.29, 0.717) is 6.54 Å². The van der Waals surface area contributed by atoms with Crippen molar-refractivity contribution in [1.82, 2.24) is 10.3 Å². The highest BCUT2D eigenvalue weighted by molar-refractivity contribution is 5.75. The molecule has 0 fully saturated rings. The third kappa shape index (κ3) is 4.05. The van der Waals surface area contributed by atoms with Crippen molar-refractivity contribution in [3.8, 4) is 0 Å². The molecule has 0 aliphatic rings. The predicted molar refractivity (Wildman–Crippen MR) is 86.8 cm³/mol. The second-order valence-electron chi connectivity index (χ2n) is 5.10. The first-order chi connectivity index (χ1) is 10.6. The van der Waals surface area contributed by atoms with E-state index in [0.717, 1.165) is 23.5 Å². The Labute approximate surface area is 130 Å². The lowest BCUT2D eigenvalue weighted by Gasteiger charge is -2.17. The average Bonchev–Trinajstić information content (AvgIpc) is 2.55. The second kappa shape index (κ2) is 7.56. The number of hydrogen-bond acceptors (Lipinski definition) is 4. The van der Waals surface area contributed by atoms with Gasteiger partial charge in [0.1, 0.15) is 11.9 Å². The molecular formula is C17H21N3O2. The Morgan fingerprint density at radius 1 is 1.27 bits per heavy atom. The maximum atomic E-state index is 11.4. The second-order valence-corrected chi connectivity index (χ2v) is 5.10. The fraction of sp³-hybridized carbons (Fsp3) is 0.294. The Kier molecular flexibility index (Phi) is 5.49. The topological polar surface area (TPSA) is 65.5 Å². The van der Waals surface area contributed by atoms with Gasteiger partial charge in [-0.05, 0) is 24.1 Å². The van der Waals surface area contributed by atoms with Gasteiger partial charge in [-0.3, -0.25) is 10.1 Å². The number of nitrogens with one attached hydrogen (secondary N) is 1. The fourth-order valence-electron chi connectivity index (χ4n) is 2.12. The van der Waals surface area contributed by atoms with Gasteiger partial charge < -0.3 is 10.0 Å². The lowest BCUT2D eigenvalue weighted by atomic mass is 10.1. The molecule has 0 bridgehead atoms. The lowest BCUT2D eigenvalue weighted by Crippen LogP contribution is -2.28. The molecule has 0 spiro atoms. The highest BCUT2D eigenvalue weighted by Gasteiger charge is 2.18. The monoisotopic (exact) mass is 299 g/mol. The number of benzene rings is 1. The first-order valence-corrected chi connectivity index (χ1v) is 7.29. The smallest absolute Gasteiger partial charge is 0.325 e. The first-order valence-electron chi connectivity index (χ1n) is 7.29. The third-order valence-electron chi connectivity index (χ3n) is 3.56. The summed E-state index contributed by atoms with van der Waals surface area (Å²) in [5, 5.41) is 12.4. The number of aromatic nitrogens is 1. The van der Waals surface area contributed by atoms with E-state index in [2.05, 4.69) is 17.2 Å². The van der Waals surface area contributed by atoms with Crippen LogP contribution in [0.5, 0.6) is 0 Å². The van der Waals surface area contributed by atoms with E-state index in [-0.39, 0.29) is 0 Å². The van der Waals surface area contributed by atoms with E-state index in [1.807, 2.05) is 54.4 Å². The Balaban J connectivity index is 2.02. The van der Waals surface area contributed by atoms with Crippen LogP contribution in [0.25, 0.3) is 0 Å².